The van der Waals surface area contributed by atoms with E-state index in [4.69, 9.17) is 23.2 Å². The molecule has 0 aromatic rings. The minimum atomic E-state index is -1.03. The molecule has 13 heavy (non-hydrogen) atoms. The van der Waals surface area contributed by atoms with Gasteiger partial charge in [-0.25, -0.2) is 0 Å². The van der Waals surface area contributed by atoms with Crippen molar-refractivity contribution in [2.45, 2.75) is 13.8 Å². The van der Waals surface area contributed by atoms with Gasteiger partial charge in [0.2, 0.25) is 0 Å². The van der Waals surface area contributed by atoms with Crippen LogP contribution in [-0.4, -0.2) is 5.97 Å². The number of halogens is 2. The maximum Gasteiger partial charge on any atom is 1.00 e. The Hall–Kier alpha value is 0.790. The van der Waals surface area contributed by atoms with Crippen LogP contribution in [0, 0.1) is 17.3 Å². The van der Waals surface area contributed by atoms with Crippen molar-refractivity contribution in [3.05, 3.63) is 10.6 Å². The second-order valence-electron chi connectivity index (χ2n) is 3.60. The predicted molar refractivity (Wildman–Crippen MR) is 45.6 cm³/mol. The summed E-state index contributed by atoms with van der Waals surface area (Å²) in [6.45, 7) is 3.71. The minimum absolute atomic E-state index is 0. The zero-order valence-electron chi connectivity index (χ0n) is 7.80. The van der Waals surface area contributed by atoms with E-state index in [1.54, 1.807) is 6.08 Å². The van der Waals surface area contributed by atoms with Crippen LogP contribution in [0.15, 0.2) is 10.6 Å². The Bertz CT molecular complexity index is 247. The van der Waals surface area contributed by atoms with Crippen LogP contribution in [0.1, 0.15) is 13.8 Å². The van der Waals surface area contributed by atoms with E-state index in [2.05, 4.69) is 0 Å². The van der Waals surface area contributed by atoms with Crippen molar-refractivity contribution < 1.29 is 39.5 Å². The van der Waals surface area contributed by atoms with Gasteiger partial charge < -0.3 is 9.90 Å². The first kappa shape index (κ1) is 13.8. The Balaban J connectivity index is 0.00000144. The molecule has 1 fully saturated rings. The molecule has 1 aliphatic carbocycles. The number of carboxylic acid groups (broad SMARTS) is 1. The van der Waals surface area contributed by atoms with Crippen LogP contribution in [0.3, 0.4) is 0 Å². The largest absolute Gasteiger partial charge is 1.00 e. The van der Waals surface area contributed by atoms with Gasteiger partial charge in [-0.05, 0) is 17.4 Å². The molecule has 0 unspecified atom stereocenters. The Morgan fingerprint density at radius 3 is 2.15 bits per heavy atom. The van der Waals surface area contributed by atoms with E-state index in [1.165, 1.54) is 0 Å². The van der Waals surface area contributed by atoms with Gasteiger partial charge in [0.05, 0.1) is 0 Å². The van der Waals surface area contributed by atoms with Crippen LogP contribution in [0.4, 0.5) is 0 Å². The van der Waals surface area contributed by atoms with Crippen LogP contribution < -0.4 is 34.7 Å². The molecule has 1 saturated carbocycles. The predicted octanol–water partition coefficient (Wildman–Crippen LogP) is -1.67. The van der Waals surface area contributed by atoms with Gasteiger partial charge in [-0.2, -0.15) is 0 Å². The summed E-state index contributed by atoms with van der Waals surface area (Å²) in [6, 6.07) is 0. The number of carboxylic acids is 1. The van der Waals surface area contributed by atoms with Gasteiger partial charge in [0.15, 0.2) is 0 Å². The molecule has 2 atom stereocenters. The molecule has 0 N–H and O–H groups in total. The zero-order valence-corrected chi connectivity index (χ0v) is 11.3. The Morgan fingerprint density at radius 1 is 1.46 bits per heavy atom. The minimum Gasteiger partial charge on any atom is -0.550 e. The summed E-state index contributed by atoms with van der Waals surface area (Å²) in [7, 11) is 0. The molecule has 5 heteroatoms. The van der Waals surface area contributed by atoms with Gasteiger partial charge in [-0.3, -0.25) is 0 Å². The maximum atomic E-state index is 10.5. The van der Waals surface area contributed by atoms with Gasteiger partial charge in [0.25, 0.3) is 0 Å². The number of rotatable bonds is 2. The zero-order chi connectivity index (χ0) is 9.52. The van der Waals surface area contributed by atoms with E-state index in [0.717, 1.165) is 0 Å². The fraction of sp³-hybridized carbons (Fsp3) is 0.625. The first-order valence-electron chi connectivity index (χ1n) is 3.61. The van der Waals surface area contributed by atoms with Gasteiger partial charge in [-0.1, -0.05) is 37.0 Å². The average Bonchev–Trinajstić information content (AvgIpc) is 2.32. The molecular weight excluding hydrogens is 222 g/mol. The molecule has 0 bridgehead atoms. The number of allylic oxidation sites excluding steroid dienone is 1. The second kappa shape index (κ2) is 4.54. The number of hydrogen-bond acceptors (Lipinski definition) is 2. The topological polar surface area (TPSA) is 40.1 Å². The molecule has 0 aromatic carbocycles. The van der Waals surface area contributed by atoms with Crippen LogP contribution in [0.5, 0.6) is 0 Å². The van der Waals surface area contributed by atoms with Crippen molar-refractivity contribution in [3.63, 3.8) is 0 Å². The van der Waals surface area contributed by atoms with Crippen LogP contribution in [0.25, 0.3) is 0 Å². The van der Waals surface area contributed by atoms with E-state index in [1.807, 2.05) is 13.8 Å². The van der Waals surface area contributed by atoms with Gasteiger partial charge >= 0.3 is 29.6 Å². The quantitative estimate of drug-likeness (QED) is 0.533. The Morgan fingerprint density at radius 2 is 1.92 bits per heavy atom. The number of carbonyl (C=O) groups excluding carboxylic acids is 1. The van der Waals surface area contributed by atoms with Gasteiger partial charge in [0, 0.05) is 11.9 Å². The number of hydrogen-bond donors (Lipinski definition) is 0. The van der Waals surface area contributed by atoms with E-state index in [-0.39, 0.29) is 45.4 Å². The second-order valence-corrected chi connectivity index (χ2v) is 4.61. The third-order valence-electron chi connectivity index (χ3n) is 2.47. The van der Waals surface area contributed by atoms with E-state index in [9.17, 15) is 9.90 Å². The maximum absolute atomic E-state index is 10.5. The third kappa shape index (κ3) is 2.87. The van der Waals surface area contributed by atoms with Gasteiger partial charge in [-0.15, -0.1) is 0 Å². The fourth-order valence-corrected chi connectivity index (χ4v) is 1.85. The van der Waals surface area contributed by atoms with Crippen LogP contribution >= 0.6 is 23.2 Å². The standard InChI is InChI=1S/C8H10Cl2O2.Na/c1-8(2)4(3-5(9)10)6(8)7(11)12;/h3-4,6H,1-2H3,(H,11,12);/q;+1/p-1/t4-,6+;/m1./s1. The van der Waals surface area contributed by atoms with Crippen molar-refractivity contribution in [3.8, 4) is 0 Å². The molecule has 0 aliphatic heterocycles. The van der Waals surface area contributed by atoms with E-state index >= 15 is 0 Å². The summed E-state index contributed by atoms with van der Waals surface area (Å²) in [5.41, 5.74) is -0.270. The first-order valence-corrected chi connectivity index (χ1v) is 4.36. The number of aliphatic carboxylic acids is 1. The summed E-state index contributed by atoms with van der Waals surface area (Å²) in [6.07, 6.45) is 1.56. The monoisotopic (exact) mass is 230 g/mol. The van der Waals surface area contributed by atoms with Crippen molar-refractivity contribution in [2.75, 3.05) is 0 Å². The third-order valence-corrected chi connectivity index (χ3v) is 2.72. The van der Waals surface area contributed by atoms with Crippen LogP contribution in [0.2, 0.25) is 0 Å². The Labute approximate surface area is 110 Å². The van der Waals surface area contributed by atoms with E-state index < -0.39 is 11.9 Å². The molecular formula is C8H9Cl2NaO2. The molecule has 0 spiro atoms. The molecule has 1 aliphatic rings. The first-order chi connectivity index (χ1) is 5.37. The average molecular weight is 231 g/mol. The summed E-state index contributed by atoms with van der Waals surface area (Å²) < 4.78 is 0.122. The normalized spacial score (nSPS) is 28.6. The molecule has 0 aromatic heterocycles. The summed E-state index contributed by atoms with van der Waals surface area (Å²) in [4.78, 5) is 10.5. The fourth-order valence-electron chi connectivity index (χ4n) is 1.57. The molecule has 0 radical (unpaired) electrons. The summed E-state index contributed by atoms with van der Waals surface area (Å²) in [5.74, 6) is -1.58. The summed E-state index contributed by atoms with van der Waals surface area (Å²) >= 11 is 10.8. The molecule has 68 valence electrons. The SMILES string of the molecule is CC1(C)[C@H](C=C(Cl)Cl)[C@H]1C(=O)[O-].[Na+]. The van der Waals surface area contributed by atoms with Crippen molar-refractivity contribution >= 4 is 29.2 Å². The van der Waals surface area contributed by atoms with Crippen molar-refractivity contribution in [2.24, 2.45) is 17.3 Å². The Kier molecular flexibility index (Phi) is 4.82. The van der Waals surface area contributed by atoms with Crippen LogP contribution in [-0.2, 0) is 4.79 Å². The molecule has 2 nitrogen and oxygen atoms in total. The smallest absolute Gasteiger partial charge is 0.550 e. The van der Waals surface area contributed by atoms with E-state index in [0.29, 0.717) is 0 Å². The summed E-state index contributed by atoms with van der Waals surface area (Å²) in [5, 5.41) is 10.5. The molecule has 0 heterocycles. The number of carbonyl (C=O) groups is 1. The molecule has 1 rings (SSSR count). The molecule has 0 saturated heterocycles. The van der Waals surface area contributed by atoms with Crippen molar-refractivity contribution in [1.29, 1.82) is 0 Å². The van der Waals surface area contributed by atoms with Crippen molar-refractivity contribution in [1.82, 2.24) is 0 Å². The van der Waals surface area contributed by atoms with Gasteiger partial charge in [0.1, 0.15) is 4.49 Å². The molecule has 0 amide bonds.